The monoisotopic (exact) mass is 692 g/mol. The van der Waals surface area contributed by atoms with Crippen molar-refractivity contribution in [1.82, 2.24) is 4.72 Å². The van der Waals surface area contributed by atoms with E-state index in [1.54, 1.807) is 6.92 Å². The molecule has 1 fully saturated rings. The lowest BCUT2D eigenvalue weighted by molar-refractivity contribution is -0.156. The summed E-state index contributed by atoms with van der Waals surface area (Å²) in [5.74, 6) is -0.910. The molecule has 0 saturated heterocycles. The molecule has 1 saturated carbocycles. The molecule has 0 aromatic heterocycles. The Morgan fingerprint density at radius 3 is 2.55 bits per heavy atom. The Balaban J connectivity index is 1.59. The molecule has 2 aliphatic carbocycles. The van der Waals surface area contributed by atoms with Crippen molar-refractivity contribution in [2.24, 2.45) is 16.5 Å². The van der Waals surface area contributed by atoms with Gasteiger partial charge in [0.1, 0.15) is 6.61 Å². The van der Waals surface area contributed by atoms with Gasteiger partial charge >= 0.3 is 12.1 Å². The molecule has 4 rings (SSSR count). The van der Waals surface area contributed by atoms with E-state index in [0.29, 0.717) is 24.6 Å². The highest BCUT2D eigenvalue weighted by atomic mass is 79.9. The highest BCUT2D eigenvalue weighted by molar-refractivity contribution is 9.10. The highest BCUT2D eigenvalue weighted by Gasteiger charge is 2.56. The summed E-state index contributed by atoms with van der Waals surface area (Å²) in [5, 5.41) is 14.0. The quantitative estimate of drug-likeness (QED) is 0.220. The van der Waals surface area contributed by atoms with Gasteiger partial charge in [-0.15, -0.1) is 0 Å². The van der Waals surface area contributed by atoms with Gasteiger partial charge in [-0.1, -0.05) is 59.9 Å². The number of rotatable bonds is 8. The van der Waals surface area contributed by atoms with E-state index in [9.17, 15) is 31.5 Å². The number of hydrogen-bond donors (Lipinski definition) is 2. The van der Waals surface area contributed by atoms with E-state index in [1.165, 1.54) is 0 Å². The first-order valence-corrected chi connectivity index (χ1v) is 16.2. The molecule has 42 heavy (non-hydrogen) atoms. The topological polar surface area (TPSA) is 105 Å². The van der Waals surface area contributed by atoms with Crippen LogP contribution in [-0.4, -0.2) is 38.4 Å². The van der Waals surface area contributed by atoms with Gasteiger partial charge in [-0.05, 0) is 84.9 Å². The lowest BCUT2D eigenvalue weighted by Gasteiger charge is -2.53. The zero-order chi connectivity index (χ0) is 31.3. The van der Waals surface area contributed by atoms with Crippen molar-refractivity contribution in [2.75, 3.05) is 13.2 Å². The number of oxime groups is 1. The van der Waals surface area contributed by atoms with E-state index in [-0.39, 0.29) is 25.0 Å². The first kappa shape index (κ1) is 32.8. The summed E-state index contributed by atoms with van der Waals surface area (Å²) in [6.07, 6.45) is -2.30. The van der Waals surface area contributed by atoms with Crippen LogP contribution in [0.4, 0.5) is 13.2 Å². The summed E-state index contributed by atoms with van der Waals surface area (Å²) in [4.78, 5) is 17.4. The van der Waals surface area contributed by atoms with Crippen molar-refractivity contribution < 1.29 is 36.3 Å². The number of sulfonamides is 1. The zero-order valence-corrected chi connectivity index (χ0v) is 26.8. The molecular weight excluding hydrogens is 661 g/mol. The maximum absolute atomic E-state index is 13.2. The third-order valence-corrected chi connectivity index (χ3v) is 11.2. The third kappa shape index (κ3) is 6.09. The van der Waals surface area contributed by atoms with E-state index in [2.05, 4.69) is 58.7 Å². The van der Waals surface area contributed by atoms with Crippen LogP contribution in [0.1, 0.15) is 81.5 Å². The molecule has 230 valence electrons. The Bertz CT molecular complexity index is 1530. The van der Waals surface area contributed by atoms with Gasteiger partial charge in [-0.2, -0.15) is 13.2 Å². The predicted molar refractivity (Wildman–Crippen MR) is 157 cm³/mol. The minimum atomic E-state index is -4.81. The Labute approximate surface area is 257 Å². The number of fused-ring (bicyclic) bond motifs is 3. The fourth-order valence-electron chi connectivity index (χ4n) is 6.35. The zero-order valence-electron chi connectivity index (χ0n) is 23.6. The van der Waals surface area contributed by atoms with Crippen molar-refractivity contribution in [1.29, 1.82) is 0 Å². The van der Waals surface area contributed by atoms with Gasteiger partial charge in [0.05, 0.1) is 26.6 Å². The molecule has 2 aromatic carbocycles. The van der Waals surface area contributed by atoms with Crippen molar-refractivity contribution >= 4 is 49.2 Å². The molecule has 0 aliphatic heterocycles. The summed E-state index contributed by atoms with van der Waals surface area (Å²) < 4.78 is 68.0. The SMILES string of the molecule is CC(C)c1cc2c(cc1Br)[C@@]1(C)CCC[C@@](C)(C(=O)O)[C@@H]1C/C2=N\OCCNS(=O)(=O)c1ccc(Cl)c(C(F)(F)F)c1. The van der Waals surface area contributed by atoms with Crippen LogP contribution in [0, 0.1) is 11.3 Å². The second kappa shape index (κ2) is 11.7. The van der Waals surface area contributed by atoms with E-state index in [1.807, 2.05) is 0 Å². The number of aliphatic carboxylic acids is 1. The van der Waals surface area contributed by atoms with Gasteiger partial charge in [-0.3, -0.25) is 4.79 Å². The second-order valence-corrected chi connectivity index (χ2v) is 14.8. The molecule has 0 amide bonds. The summed E-state index contributed by atoms with van der Waals surface area (Å²) in [6.45, 7) is 7.57. The summed E-state index contributed by atoms with van der Waals surface area (Å²) >= 11 is 9.30. The van der Waals surface area contributed by atoms with Gasteiger partial charge in [0, 0.05) is 16.6 Å². The number of hydrogen-bond acceptors (Lipinski definition) is 5. The first-order valence-electron chi connectivity index (χ1n) is 13.5. The standard InChI is InChI=1S/C29H33BrClF3N2O5S/c1-16(2)18-13-19-20(14-22(18)30)27(3)8-5-9-28(4,26(37)38)25(27)15-24(19)36-41-11-10-35-42(39,40)17-6-7-23(31)21(12-17)29(32,33)34/h6-7,12-14,16,25,35H,5,8-11,15H2,1-4H3,(H,37,38)/b36-24+/t25-,27-,28-/m1/s1. The molecule has 0 radical (unpaired) electrons. The van der Waals surface area contributed by atoms with Crippen molar-refractivity contribution in [2.45, 2.75) is 75.8 Å². The number of nitrogens with zero attached hydrogens (tertiary/aromatic N) is 1. The van der Waals surface area contributed by atoms with Crippen LogP contribution in [0.5, 0.6) is 0 Å². The van der Waals surface area contributed by atoms with Crippen LogP contribution in [0.15, 0.2) is 44.9 Å². The van der Waals surface area contributed by atoms with Crippen molar-refractivity contribution in [3.05, 3.63) is 62.1 Å². The number of halogens is 5. The fourth-order valence-corrected chi connectivity index (χ4v) is 8.42. The van der Waals surface area contributed by atoms with Gasteiger partial charge in [0.25, 0.3) is 0 Å². The maximum Gasteiger partial charge on any atom is 0.417 e. The average Bonchev–Trinajstić information content (AvgIpc) is 2.88. The molecule has 0 bridgehead atoms. The molecule has 2 N–H and O–H groups in total. The largest absolute Gasteiger partial charge is 0.481 e. The number of alkyl halides is 3. The van der Waals surface area contributed by atoms with Crippen LogP contribution in [-0.2, 0) is 31.2 Å². The highest BCUT2D eigenvalue weighted by Crippen LogP contribution is 2.58. The number of carboxylic acid groups (broad SMARTS) is 1. The lowest BCUT2D eigenvalue weighted by atomic mass is 9.49. The molecule has 0 heterocycles. The molecule has 0 spiro atoms. The molecular formula is C29H33BrClF3N2O5S. The molecule has 3 atom stereocenters. The van der Waals surface area contributed by atoms with E-state index in [0.717, 1.165) is 46.1 Å². The Morgan fingerprint density at radius 1 is 1.24 bits per heavy atom. The minimum absolute atomic E-state index is 0.202. The number of nitrogens with one attached hydrogen (secondary N) is 1. The predicted octanol–water partition coefficient (Wildman–Crippen LogP) is 7.50. The fraction of sp³-hybridized carbons (Fsp3) is 0.517. The van der Waals surface area contributed by atoms with Crippen LogP contribution in [0.25, 0.3) is 0 Å². The summed E-state index contributed by atoms with van der Waals surface area (Å²) in [7, 11) is -4.29. The van der Waals surface area contributed by atoms with Gasteiger partial charge in [0.2, 0.25) is 10.0 Å². The molecule has 2 aromatic rings. The summed E-state index contributed by atoms with van der Waals surface area (Å²) in [5.41, 5.74) is 0.881. The lowest BCUT2D eigenvalue weighted by Crippen LogP contribution is -2.53. The van der Waals surface area contributed by atoms with E-state index >= 15 is 0 Å². The van der Waals surface area contributed by atoms with Gasteiger partial charge in [0.15, 0.2) is 0 Å². The number of carboxylic acids is 1. The van der Waals surface area contributed by atoms with Crippen LogP contribution in [0.3, 0.4) is 0 Å². The van der Waals surface area contributed by atoms with Crippen molar-refractivity contribution in [3.8, 4) is 0 Å². The summed E-state index contributed by atoms with van der Waals surface area (Å²) in [6, 6.07) is 6.48. The molecule has 2 aliphatic rings. The normalized spacial score (nSPS) is 25.3. The number of benzene rings is 2. The molecule has 13 heteroatoms. The number of carbonyl (C=O) groups is 1. The van der Waals surface area contributed by atoms with Gasteiger partial charge in [-0.25, -0.2) is 13.1 Å². The van der Waals surface area contributed by atoms with Gasteiger partial charge < -0.3 is 9.94 Å². The average molecular weight is 694 g/mol. The Hall–Kier alpha value is -2.15. The molecule has 0 unspecified atom stereocenters. The Morgan fingerprint density at radius 2 is 1.93 bits per heavy atom. The minimum Gasteiger partial charge on any atom is -0.481 e. The van der Waals surface area contributed by atoms with E-state index < -0.39 is 48.5 Å². The van der Waals surface area contributed by atoms with Crippen LogP contribution < -0.4 is 4.72 Å². The Kier molecular flexibility index (Phi) is 9.16. The van der Waals surface area contributed by atoms with E-state index in [4.69, 9.17) is 16.4 Å². The van der Waals surface area contributed by atoms with Crippen molar-refractivity contribution in [3.63, 3.8) is 0 Å². The smallest absolute Gasteiger partial charge is 0.417 e. The van der Waals surface area contributed by atoms with Crippen LogP contribution in [0.2, 0.25) is 5.02 Å². The molecule has 7 nitrogen and oxygen atoms in total. The first-order chi connectivity index (χ1) is 19.4. The maximum atomic E-state index is 13.2. The second-order valence-electron chi connectivity index (χ2n) is 11.7. The third-order valence-electron chi connectivity index (χ3n) is 8.72. The van der Waals surface area contributed by atoms with Crippen LogP contribution >= 0.6 is 27.5 Å².